The van der Waals surface area contributed by atoms with Gasteiger partial charge in [0.25, 0.3) is 5.69 Å². The second kappa shape index (κ2) is 3.51. The van der Waals surface area contributed by atoms with Gasteiger partial charge in [-0.3, -0.25) is 10.1 Å². The first-order valence-electron chi connectivity index (χ1n) is 3.19. The smallest absolute Gasteiger partial charge is 0.293 e. The van der Waals surface area contributed by atoms with Gasteiger partial charge in [0.15, 0.2) is 0 Å². The number of rotatable bonds is 2. The lowest BCUT2D eigenvalue weighted by atomic mass is 10.2. The molecule has 0 spiro atoms. The van der Waals surface area contributed by atoms with Crippen LogP contribution in [0.4, 0.5) is 5.69 Å². The van der Waals surface area contributed by atoms with Crippen LogP contribution in [0.15, 0.2) is 18.2 Å². The fraction of sp³-hybridized carbons (Fsp3) is 0.143. The molecule has 0 aliphatic rings. The van der Waals surface area contributed by atoms with Crippen molar-refractivity contribution in [3.05, 3.63) is 38.9 Å². The third-order valence-corrected chi connectivity index (χ3v) is 1.73. The van der Waals surface area contributed by atoms with E-state index >= 15 is 0 Å². The molecule has 5 heteroatoms. The Morgan fingerprint density at radius 3 is 2.67 bits per heavy atom. The van der Waals surface area contributed by atoms with Crippen LogP contribution in [0.25, 0.3) is 0 Å². The predicted octanol–water partition coefficient (Wildman–Crippen LogP) is 1.74. The molecule has 0 saturated carbocycles. The summed E-state index contributed by atoms with van der Waals surface area (Å²) in [5.74, 6) is 0. The largest absolute Gasteiger partial charge is 0.391 e. The maximum Gasteiger partial charge on any atom is 0.293 e. The van der Waals surface area contributed by atoms with E-state index in [1.54, 1.807) is 6.07 Å². The summed E-state index contributed by atoms with van der Waals surface area (Å²) in [6.07, 6.45) is 0. The lowest BCUT2D eigenvalue weighted by molar-refractivity contribution is -0.385. The van der Waals surface area contributed by atoms with Gasteiger partial charge in [0.1, 0.15) is 5.02 Å². The Kier molecular flexibility index (Phi) is 2.62. The second-order valence-corrected chi connectivity index (χ2v) is 2.57. The van der Waals surface area contributed by atoms with Gasteiger partial charge in [0.2, 0.25) is 0 Å². The van der Waals surface area contributed by atoms with Gasteiger partial charge in [0.05, 0.1) is 17.1 Å². The molecule has 0 unspecified atom stereocenters. The third kappa shape index (κ3) is 1.54. The quantitative estimate of drug-likeness (QED) is 0.567. The van der Waals surface area contributed by atoms with Gasteiger partial charge >= 0.3 is 0 Å². The van der Waals surface area contributed by atoms with E-state index in [2.05, 4.69) is 0 Å². The van der Waals surface area contributed by atoms with Crippen LogP contribution >= 0.6 is 11.6 Å². The monoisotopic (exact) mass is 187 g/mol. The van der Waals surface area contributed by atoms with E-state index in [1.807, 2.05) is 0 Å². The van der Waals surface area contributed by atoms with E-state index in [4.69, 9.17) is 16.7 Å². The molecule has 0 amide bonds. The molecule has 1 aromatic rings. The predicted molar refractivity (Wildman–Crippen MR) is 44.0 cm³/mol. The summed E-state index contributed by atoms with van der Waals surface area (Å²) < 4.78 is 0. The van der Waals surface area contributed by atoms with Crippen molar-refractivity contribution in [2.24, 2.45) is 0 Å². The molecule has 0 aliphatic carbocycles. The fourth-order valence-corrected chi connectivity index (χ4v) is 1.16. The summed E-state index contributed by atoms with van der Waals surface area (Å²) in [6.45, 7) is -0.378. The van der Waals surface area contributed by atoms with Crippen LogP contribution < -0.4 is 0 Å². The zero-order valence-electron chi connectivity index (χ0n) is 6.03. The molecule has 0 aliphatic heterocycles. The highest BCUT2D eigenvalue weighted by Crippen LogP contribution is 2.27. The summed E-state index contributed by atoms with van der Waals surface area (Å²) in [7, 11) is 0. The standard InChI is InChI=1S/C7H6ClNO3/c8-6-3-1-2-5(4-10)7(6)9(11)12/h1-3,10H,4H2. The molecule has 64 valence electrons. The lowest BCUT2D eigenvalue weighted by Gasteiger charge is -1.99. The van der Waals surface area contributed by atoms with E-state index in [0.29, 0.717) is 0 Å². The molecular formula is C7H6ClNO3. The van der Waals surface area contributed by atoms with Crippen molar-refractivity contribution in [2.75, 3.05) is 0 Å². The van der Waals surface area contributed by atoms with Gasteiger partial charge in [-0.1, -0.05) is 17.7 Å². The molecule has 12 heavy (non-hydrogen) atoms. The number of aliphatic hydroxyl groups is 1. The summed E-state index contributed by atoms with van der Waals surface area (Å²) in [4.78, 5) is 9.81. The maximum atomic E-state index is 10.4. The van der Waals surface area contributed by atoms with Gasteiger partial charge in [-0.2, -0.15) is 0 Å². The molecule has 0 aromatic heterocycles. The number of hydrogen-bond acceptors (Lipinski definition) is 3. The molecule has 0 saturated heterocycles. The average Bonchev–Trinajstić information content (AvgIpc) is 2.03. The molecule has 0 fully saturated rings. The molecule has 0 bridgehead atoms. The summed E-state index contributed by atoms with van der Waals surface area (Å²) in [5.41, 5.74) is 0.00849. The highest BCUT2D eigenvalue weighted by atomic mass is 35.5. The number of hydrogen-bond donors (Lipinski definition) is 1. The summed E-state index contributed by atoms with van der Waals surface area (Å²) in [6, 6.07) is 4.43. The van der Waals surface area contributed by atoms with E-state index < -0.39 is 4.92 Å². The van der Waals surface area contributed by atoms with E-state index in [-0.39, 0.29) is 22.9 Å². The molecule has 0 heterocycles. The number of nitrogens with zero attached hydrogens (tertiary/aromatic N) is 1. The Morgan fingerprint density at radius 2 is 2.25 bits per heavy atom. The van der Waals surface area contributed by atoms with Crippen LogP contribution in [0.2, 0.25) is 5.02 Å². The fourth-order valence-electron chi connectivity index (χ4n) is 0.892. The van der Waals surface area contributed by atoms with Crippen LogP contribution in [-0.2, 0) is 6.61 Å². The Balaban J connectivity index is 3.29. The van der Waals surface area contributed by atoms with Crippen LogP contribution in [0, 0.1) is 10.1 Å². The number of nitro groups is 1. The minimum Gasteiger partial charge on any atom is -0.391 e. The number of aliphatic hydroxyl groups excluding tert-OH is 1. The number of para-hydroxylation sites is 1. The van der Waals surface area contributed by atoms with Crippen molar-refractivity contribution in [1.82, 2.24) is 0 Å². The average molecular weight is 188 g/mol. The first kappa shape index (κ1) is 8.96. The van der Waals surface area contributed by atoms with Gasteiger partial charge in [-0.15, -0.1) is 0 Å². The lowest BCUT2D eigenvalue weighted by Crippen LogP contribution is -1.95. The van der Waals surface area contributed by atoms with E-state index in [1.165, 1.54) is 12.1 Å². The highest BCUT2D eigenvalue weighted by molar-refractivity contribution is 6.32. The molecule has 1 N–H and O–H groups in total. The highest BCUT2D eigenvalue weighted by Gasteiger charge is 2.16. The summed E-state index contributed by atoms with van der Waals surface area (Å²) >= 11 is 5.55. The van der Waals surface area contributed by atoms with Crippen molar-refractivity contribution in [2.45, 2.75) is 6.61 Å². The molecule has 4 nitrogen and oxygen atoms in total. The van der Waals surface area contributed by atoms with E-state index in [9.17, 15) is 10.1 Å². The SMILES string of the molecule is O=[N+]([O-])c1c(Cl)cccc1CO. The van der Waals surface area contributed by atoms with Crippen LogP contribution in [0.5, 0.6) is 0 Å². The minimum atomic E-state index is -0.603. The topological polar surface area (TPSA) is 63.4 Å². The number of halogens is 1. The van der Waals surface area contributed by atoms with Crippen molar-refractivity contribution in [1.29, 1.82) is 0 Å². The molecule has 1 rings (SSSR count). The molecule has 0 radical (unpaired) electrons. The molecular weight excluding hydrogens is 182 g/mol. The van der Waals surface area contributed by atoms with Crippen molar-refractivity contribution in [3.63, 3.8) is 0 Å². The van der Waals surface area contributed by atoms with Gasteiger partial charge in [-0.05, 0) is 12.1 Å². The van der Waals surface area contributed by atoms with Gasteiger partial charge in [-0.25, -0.2) is 0 Å². The normalized spacial score (nSPS) is 9.83. The molecule has 1 aromatic carbocycles. The van der Waals surface area contributed by atoms with Crippen molar-refractivity contribution < 1.29 is 10.0 Å². The maximum absolute atomic E-state index is 10.4. The first-order valence-corrected chi connectivity index (χ1v) is 3.57. The van der Waals surface area contributed by atoms with Crippen LogP contribution in [0.1, 0.15) is 5.56 Å². The van der Waals surface area contributed by atoms with Crippen molar-refractivity contribution in [3.8, 4) is 0 Å². The zero-order valence-corrected chi connectivity index (χ0v) is 6.78. The Labute approximate surface area is 73.5 Å². The second-order valence-electron chi connectivity index (χ2n) is 2.16. The minimum absolute atomic E-state index is 0.0477. The molecule has 0 atom stereocenters. The van der Waals surface area contributed by atoms with Crippen LogP contribution in [0.3, 0.4) is 0 Å². The third-order valence-electron chi connectivity index (χ3n) is 1.42. The van der Waals surface area contributed by atoms with Crippen molar-refractivity contribution >= 4 is 17.3 Å². The van der Waals surface area contributed by atoms with Gasteiger partial charge < -0.3 is 5.11 Å². The van der Waals surface area contributed by atoms with Gasteiger partial charge in [0, 0.05) is 0 Å². The zero-order chi connectivity index (χ0) is 9.14. The number of nitro benzene ring substituents is 1. The van der Waals surface area contributed by atoms with E-state index in [0.717, 1.165) is 0 Å². The Bertz CT molecular complexity index is 314. The Morgan fingerprint density at radius 1 is 1.58 bits per heavy atom. The van der Waals surface area contributed by atoms with Crippen LogP contribution in [-0.4, -0.2) is 10.0 Å². The number of benzene rings is 1. The Hall–Kier alpha value is -1.13. The summed E-state index contributed by atoms with van der Waals surface area (Å²) in [5, 5.41) is 19.2. The first-order chi connectivity index (χ1) is 5.66.